The molecule has 1 amide bonds. The molecule has 0 unspecified atom stereocenters. The predicted octanol–water partition coefficient (Wildman–Crippen LogP) is 2.53. The van der Waals surface area contributed by atoms with Crippen molar-refractivity contribution in [1.29, 1.82) is 0 Å². The summed E-state index contributed by atoms with van der Waals surface area (Å²) in [7, 11) is -3.46. The van der Waals surface area contributed by atoms with Crippen LogP contribution in [0.2, 0.25) is 0 Å². The van der Waals surface area contributed by atoms with Gasteiger partial charge in [-0.2, -0.15) is 4.31 Å². The van der Waals surface area contributed by atoms with Crippen LogP contribution in [0.15, 0.2) is 39.9 Å². The van der Waals surface area contributed by atoms with Crippen LogP contribution in [0.1, 0.15) is 12.5 Å². The van der Waals surface area contributed by atoms with Crippen LogP contribution in [0, 0.1) is 12.7 Å². The predicted molar refractivity (Wildman–Crippen MR) is 104 cm³/mol. The van der Waals surface area contributed by atoms with Gasteiger partial charge < -0.3 is 5.32 Å². The molecule has 0 spiro atoms. The van der Waals surface area contributed by atoms with Gasteiger partial charge in [0.15, 0.2) is 0 Å². The van der Waals surface area contributed by atoms with Gasteiger partial charge in [0.1, 0.15) is 10.0 Å². The van der Waals surface area contributed by atoms with E-state index in [1.165, 1.54) is 21.7 Å². The van der Waals surface area contributed by atoms with Crippen molar-refractivity contribution in [1.82, 2.24) is 9.21 Å². The number of benzene rings is 1. The first-order valence-corrected chi connectivity index (χ1v) is 11.0. The Bertz CT molecular complexity index is 908. The number of nitrogens with zero attached hydrogens (tertiary/aromatic N) is 2. The molecule has 9 heteroatoms. The fourth-order valence-corrected chi connectivity index (χ4v) is 5.52. The number of halogens is 1. The number of carbonyl (C=O) groups is 1. The number of anilines is 1. The molecule has 0 radical (unpaired) electrons. The number of thiophene rings is 1. The van der Waals surface area contributed by atoms with Gasteiger partial charge in [0, 0.05) is 31.9 Å². The van der Waals surface area contributed by atoms with Gasteiger partial charge in [-0.05, 0) is 43.0 Å². The monoisotopic (exact) mass is 411 g/mol. The van der Waals surface area contributed by atoms with Gasteiger partial charge >= 0.3 is 0 Å². The van der Waals surface area contributed by atoms with Crippen molar-refractivity contribution < 1.29 is 17.6 Å². The highest BCUT2D eigenvalue weighted by atomic mass is 32.2. The molecule has 1 aliphatic rings. The molecule has 0 saturated carbocycles. The lowest BCUT2D eigenvalue weighted by Crippen LogP contribution is -2.53. The summed E-state index contributed by atoms with van der Waals surface area (Å²) in [4.78, 5) is 14.4. The number of piperazine rings is 1. The Kier molecular flexibility index (Phi) is 5.95. The van der Waals surface area contributed by atoms with Crippen LogP contribution in [0.5, 0.6) is 0 Å². The summed E-state index contributed by atoms with van der Waals surface area (Å²) in [6.45, 7) is 5.01. The van der Waals surface area contributed by atoms with Crippen molar-refractivity contribution in [2.45, 2.75) is 24.1 Å². The molecule has 6 nitrogen and oxygen atoms in total. The average molecular weight is 412 g/mol. The summed E-state index contributed by atoms with van der Waals surface area (Å²) in [5.41, 5.74) is 0.929. The summed E-state index contributed by atoms with van der Waals surface area (Å²) in [6.07, 6.45) is 0. The Morgan fingerprint density at radius 3 is 2.52 bits per heavy atom. The van der Waals surface area contributed by atoms with E-state index < -0.39 is 16.1 Å². The van der Waals surface area contributed by atoms with Gasteiger partial charge in [-0.15, -0.1) is 11.3 Å². The number of hydrogen-bond donors (Lipinski definition) is 1. The zero-order valence-corrected chi connectivity index (χ0v) is 16.8. The molecule has 2 aromatic rings. The lowest BCUT2D eigenvalue weighted by atomic mass is 10.2. The smallest absolute Gasteiger partial charge is 0.252 e. The van der Waals surface area contributed by atoms with Gasteiger partial charge in [-0.3, -0.25) is 9.69 Å². The molecule has 1 saturated heterocycles. The van der Waals surface area contributed by atoms with Gasteiger partial charge in [0.2, 0.25) is 5.91 Å². The minimum Gasteiger partial charge on any atom is -0.325 e. The van der Waals surface area contributed by atoms with Gasteiger partial charge in [0.25, 0.3) is 10.0 Å². The molecule has 2 heterocycles. The maximum atomic E-state index is 13.6. The van der Waals surface area contributed by atoms with Gasteiger partial charge in [0.05, 0.1) is 6.04 Å². The van der Waals surface area contributed by atoms with Crippen molar-refractivity contribution >= 4 is 33.0 Å². The van der Waals surface area contributed by atoms with Crippen LogP contribution in [-0.2, 0) is 14.8 Å². The summed E-state index contributed by atoms with van der Waals surface area (Å²) < 4.78 is 40.5. The first-order valence-electron chi connectivity index (χ1n) is 8.64. The average Bonchev–Trinajstić information content (AvgIpc) is 3.20. The van der Waals surface area contributed by atoms with E-state index in [2.05, 4.69) is 5.32 Å². The lowest BCUT2D eigenvalue weighted by molar-refractivity contribution is -0.121. The highest BCUT2D eigenvalue weighted by molar-refractivity contribution is 7.91. The zero-order valence-electron chi connectivity index (χ0n) is 15.2. The maximum absolute atomic E-state index is 13.6. The van der Waals surface area contributed by atoms with E-state index in [9.17, 15) is 17.6 Å². The summed E-state index contributed by atoms with van der Waals surface area (Å²) in [6, 6.07) is 7.45. The Hall–Kier alpha value is -1.81. The maximum Gasteiger partial charge on any atom is 0.252 e. The van der Waals surface area contributed by atoms with Crippen molar-refractivity contribution in [3.05, 3.63) is 47.1 Å². The molecule has 1 aromatic heterocycles. The second kappa shape index (κ2) is 8.05. The summed E-state index contributed by atoms with van der Waals surface area (Å²) in [5, 5.41) is 4.46. The van der Waals surface area contributed by atoms with E-state index in [-0.39, 0.29) is 11.7 Å². The van der Waals surface area contributed by atoms with Crippen LogP contribution < -0.4 is 5.32 Å². The fraction of sp³-hybridized carbons (Fsp3) is 0.389. The molecule has 146 valence electrons. The van der Waals surface area contributed by atoms with E-state index in [4.69, 9.17) is 0 Å². The second-order valence-electron chi connectivity index (χ2n) is 6.50. The largest absolute Gasteiger partial charge is 0.325 e. The minimum atomic E-state index is -3.46. The van der Waals surface area contributed by atoms with Crippen molar-refractivity contribution in [2.24, 2.45) is 0 Å². The van der Waals surface area contributed by atoms with E-state index >= 15 is 0 Å². The van der Waals surface area contributed by atoms with Crippen LogP contribution in [0.25, 0.3) is 0 Å². The van der Waals surface area contributed by atoms with Gasteiger partial charge in [-0.25, -0.2) is 12.8 Å². The Morgan fingerprint density at radius 1 is 1.22 bits per heavy atom. The van der Waals surface area contributed by atoms with Crippen LogP contribution >= 0.6 is 11.3 Å². The summed E-state index contributed by atoms with van der Waals surface area (Å²) >= 11 is 1.20. The van der Waals surface area contributed by atoms with E-state index in [0.717, 1.165) is 0 Å². The third kappa shape index (κ3) is 4.37. The third-order valence-electron chi connectivity index (χ3n) is 4.73. The zero-order chi connectivity index (χ0) is 19.6. The fourth-order valence-electron chi connectivity index (χ4n) is 2.95. The van der Waals surface area contributed by atoms with E-state index in [1.54, 1.807) is 43.5 Å². The standard InChI is InChI=1S/C18H22FN3O3S2/c1-13-5-6-15(12-16(13)19)20-18(23)14(2)21-7-9-22(10-8-21)27(24,25)17-4-3-11-26-17/h3-6,11-12,14H,7-10H2,1-2H3,(H,20,23)/t14-/m1/s1. The minimum absolute atomic E-state index is 0.243. The van der Waals surface area contributed by atoms with Crippen molar-refractivity contribution in [2.75, 3.05) is 31.5 Å². The number of rotatable bonds is 5. The SMILES string of the molecule is Cc1ccc(NC(=O)[C@@H](C)N2CCN(S(=O)(=O)c3cccs3)CC2)cc1F. The number of nitrogens with one attached hydrogen (secondary N) is 1. The number of hydrogen-bond acceptors (Lipinski definition) is 5. The van der Waals surface area contributed by atoms with Crippen molar-refractivity contribution in [3.63, 3.8) is 0 Å². The van der Waals surface area contributed by atoms with Gasteiger partial charge in [-0.1, -0.05) is 12.1 Å². The second-order valence-corrected chi connectivity index (χ2v) is 9.61. The molecular formula is C18H22FN3O3S2. The number of carbonyl (C=O) groups excluding carboxylic acids is 1. The van der Waals surface area contributed by atoms with Crippen LogP contribution in [0.3, 0.4) is 0 Å². The molecule has 27 heavy (non-hydrogen) atoms. The number of aryl methyl sites for hydroxylation is 1. The Labute approximate surface area is 162 Å². The molecule has 1 aromatic carbocycles. The number of sulfonamides is 1. The van der Waals surface area contributed by atoms with Crippen LogP contribution in [-0.4, -0.2) is 55.8 Å². The highest BCUT2D eigenvalue weighted by Gasteiger charge is 2.32. The van der Waals surface area contributed by atoms with E-state index in [1.807, 2.05) is 4.90 Å². The molecule has 0 aliphatic carbocycles. The molecule has 3 rings (SSSR count). The van der Waals surface area contributed by atoms with Crippen molar-refractivity contribution in [3.8, 4) is 0 Å². The summed E-state index contributed by atoms with van der Waals surface area (Å²) in [5.74, 6) is -0.610. The normalized spacial score (nSPS) is 17.6. The first kappa shape index (κ1) is 19.9. The lowest BCUT2D eigenvalue weighted by Gasteiger charge is -2.36. The molecule has 1 atom stereocenters. The third-order valence-corrected chi connectivity index (χ3v) is 8.00. The molecule has 1 N–H and O–H groups in total. The number of amides is 1. The molecule has 1 aliphatic heterocycles. The Morgan fingerprint density at radius 2 is 1.93 bits per heavy atom. The van der Waals surface area contributed by atoms with E-state index in [0.29, 0.717) is 41.6 Å². The quantitative estimate of drug-likeness (QED) is 0.821. The topological polar surface area (TPSA) is 69.7 Å². The van der Waals surface area contributed by atoms with Crippen LogP contribution in [0.4, 0.5) is 10.1 Å². The highest BCUT2D eigenvalue weighted by Crippen LogP contribution is 2.22. The Balaban J connectivity index is 1.58. The molecule has 1 fully saturated rings. The first-order chi connectivity index (χ1) is 12.8. The molecular weight excluding hydrogens is 389 g/mol. The molecule has 0 bridgehead atoms.